The molecule has 110 valence electrons. The average Bonchev–Trinajstić information content (AvgIpc) is 2.81. The molecule has 1 amide bonds. The van der Waals surface area contributed by atoms with Crippen LogP contribution in [-0.2, 0) is 7.05 Å². The summed E-state index contributed by atoms with van der Waals surface area (Å²) in [5, 5.41) is 17.4. The number of nitrogens with one attached hydrogen (secondary N) is 1. The fourth-order valence-electron chi connectivity index (χ4n) is 1.72. The van der Waals surface area contributed by atoms with Crippen LogP contribution in [0.2, 0.25) is 0 Å². The normalized spacial score (nSPS) is 11.5. The van der Waals surface area contributed by atoms with Gasteiger partial charge in [-0.3, -0.25) is 9.48 Å². The zero-order valence-corrected chi connectivity index (χ0v) is 11.7. The molecule has 21 heavy (non-hydrogen) atoms. The smallest absolute Gasteiger partial charge is 0.348 e. The molecular weight excluding hydrogens is 276 g/mol. The van der Waals surface area contributed by atoms with Crippen molar-refractivity contribution in [2.24, 2.45) is 12.1 Å². The number of carbonyl (C=O) groups excluding carboxylic acids is 1. The lowest BCUT2D eigenvalue weighted by Crippen LogP contribution is -2.21. The van der Waals surface area contributed by atoms with Gasteiger partial charge in [0.05, 0.1) is 17.5 Å². The average molecular weight is 290 g/mol. The highest BCUT2D eigenvalue weighted by molar-refractivity contribution is 6.02. The van der Waals surface area contributed by atoms with E-state index in [0.717, 1.165) is 0 Å². The molecule has 0 aromatic carbocycles. The Balaban J connectivity index is 2.22. The minimum absolute atomic E-state index is 0.0907. The number of carbonyl (C=O) groups is 1. The molecule has 0 aliphatic rings. The molecule has 0 aliphatic carbocycles. The Morgan fingerprint density at radius 1 is 1.52 bits per heavy atom. The van der Waals surface area contributed by atoms with Gasteiger partial charge >= 0.3 is 5.63 Å². The summed E-state index contributed by atoms with van der Waals surface area (Å²) in [6, 6.07) is 1.30. The van der Waals surface area contributed by atoms with Crippen LogP contribution in [0.4, 0.5) is 0 Å². The van der Waals surface area contributed by atoms with Crippen molar-refractivity contribution in [3.05, 3.63) is 45.8 Å². The largest absolute Gasteiger partial charge is 0.507 e. The predicted molar refractivity (Wildman–Crippen MR) is 74.3 cm³/mol. The first-order valence-corrected chi connectivity index (χ1v) is 6.06. The Hall–Kier alpha value is -2.90. The van der Waals surface area contributed by atoms with Gasteiger partial charge in [0.15, 0.2) is 0 Å². The number of aryl methyl sites for hydroxylation is 2. The summed E-state index contributed by atoms with van der Waals surface area (Å²) in [4.78, 5) is 23.5. The van der Waals surface area contributed by atoms with E-state index in [1.165, 1.54) is 30.1 Å². The zero-order chi connectivity index (χ0) is 15.6. The number of hydrogen-bond donors (Lipinski definition) is 2. The standard InChI is InChI=1S/C13H14N4O4/c1-7-4-10(18)11(13(20)21-7)8(2)15-16-12(19)9-5-14-17(3)6-9/h4-6,18H,1-3H3,(H,16,19)/b15-8+. The predicted octanol–water partition coefficient (Wildman–Crippen LogP) is 0.541. The third kappa shape index (κ3) is 3.16. The lowest BCUT2D eigenvalue weighted by Gasteiger charge is -2.03. The molecule has 0 fully saturated rings. The number of aromatic hydroxyl groups is 1. The first kappa shape index (κ1) is 14.5. The molecule has 0 unspecified atom stereocenters. The zero-order valence-electron chi connectivity index (χ0n) is 11.7. The van der Waals surface area contributed by atoms with Gasteiger partial charge in [0, 0.05) is 19.3 Å². The molecule has 0 atom stereocenters. The first-order chi connectivity index (χ1) is 9.88. The van der Waals surface area contributed by atoms with Crippen LogP contribution in [0.25, 0.3) is 0 Å². The van der Waals surface area contributed by atoms with Gasteiger partial charge in [-0.25, -0.2) is 10.2 Å². The molecule has 0 saturated heterocycles. The van der Waals surface area contributed by atoms with E-state index >= 15 is 0 Å². The van der Waals surface area contributed by atoms with Gasteiger partial charge in [-0.2, -0.15) is 10.2 Å². The fourth-order valence-corrected chi connectivity index (χ4v) is 1.72. The van der Waals surface area contributed by atoms with Crippen LogP contribution >= 0.6 is 0 Å². The number of hydrogen-bond acceptors (Lipinski definition) is 6. The van der Waals surface area contributed by atoms with E-state index in [2.05, 4.69) is 15.6 Å². The number of amides is 1. The van der Waals surface area contributed by atoms with E-state index in [-0.39, 0.29) is 22.8 Å². The molecule has 8 nitrogen and oxygen atoms in total. The van der Waals surface area contributed by atoms with E-state index in [4.69, 9.17) is 4.42 Å². The maximum absolute atomic E-state index is 11.8. The molecule has 2 aromatic heterocycles. The van der Waals surface area contributed by atoms with Gasteiger partial charge in [-0.15, -0.1) is 0 Å². The van der Waals surface area contributed by atoms with Crippen molar-refractivity contribution in [2.75, 3.05) is 0 Å². The van der Waals surface area contributed by atoms with Crippen molar-refractivity contribution >= 4 is 11.6 Å². The highest BCUT2D eigenvalue weighted by Crippen LogP contribution is 2.15. The van der Waals surface area contributed by atoms with Gasteiger partial charge in [0.2, 0.25) is 0 Å². The van der Waals surface area contributed by atoms with Crippen LogP contribution in [0, 0.1) is 6.92 Å². The molecule has 2 N–H and O–H groups in total. The Kier molecular flexibility index (Phi) is 3.88. The number of aromatic nitrogens is 2. The second kappa shape index (κ2) is 5.61. The van der Waals surface area contributed by atoms with E-state index in [1.807, 2.05) is 0 Å². The fraction of sp³-hybridized carbons (Fsp3) is 0.231. The summed E-state index contributed by atoms with van der Waals surface area (Å²) in [7, 11) is 1.68. The molecule has 0 aliphatic heterocycles. The summed E-state index contributed by atoms with van der Waals surface area (Å²) in [5.41, 5.74) is 1.94. The highest BCUT2D eigenvalue weighted by Gasteiger charge is 2.14. The molecule has 2 aromatic rings. The topological polar surface area (TPSA) is 110 Å². The molecule has 8 heteroatoms. The summed E-state index contributed by atoms with van der Waals surface area (Å²) in [5.74, 6) is -0.437. The quantitative estimate of drug-likeness (QED) is 0.633. The van der Waals surface area contributed by atoms with E-state index in [0.29, 0.717) is 5.56 Å². The second-order valence-electron chi connectivity index (χ2n) is 4.45. The first-order valence-electron chi connectivity index (χ1n) is 6.06. The lowest BCUT2D eigenvalue weighted by atomic mass is 10.2. The molecule has 2 heterocycles. The molecule has 2 rings (SSSR count). The summed E-state index contributed by atoms with van der Waals surface area (Å²) in [6.45, 7) is 3.02. The lowest BCUT2D eigenvalue weighted by molar-refractivity contribution is 0.0954. The maximum Gasteiger partial charge on any atom is 0.348 e. The molecule has 0 bridgehead atoms. The van der Waals surface area contributed by atoms with E-state index < -0.39 is 11.5 Å². The SMILES string of the molecule is C/C(=N\NC(=O)c1cnn(C)c1)c1c(O)cc(C)oc1=O. The van der Waals surface area contributed by atoms with Crippen molar-refractivity contribution in [3.63, 3.8) is 0 Å². The van der Waals surface area contributed by atoms with E-state index in [9.17, 15) is 14.7 Å². The highest BCUT2D eigenvalue weighted by atomic mass is 16.4. The van der Waals surface area contributed by atoms with Crippen molar-refractivity contribution in [1.29, 1.82) is 0 Å². The van der Waals surface area contributed by atoms with Crippen molar-refractivity contribution in [2.45, 2.75) is 13.8 Å². The molecule has 0 radical (unpaired) electrons. The van der Waals surface area contributed by atoms with Gasteiger partial charge in [-0.05, 0) is 13.8 Å². The van der Waals surface area contributed by atoms with Crippen molar-refractivity contribution in [1.82, 2.24) is 15.2 Å². The summed E-state index contributed by atoms with van der Waals surface area (Å²) >= 11 is 0. The van der Waals surface area contributed by atoms with Crippen molar-refractivity contribution < 1.29 is 14.3 Å². The van der Waals surface area contributed by atoms with Crippen molar-refractivity contribution in [3.8, 4) is 5.75 Å². The third-order valence-corrected chi connectivity index (χ3v) is 2.71. The van der Waals surface area contributed by atoms with Crippen LogP contribution in [-0.4, -0.2) is 26.5 Å². The molecule has 0 saturated carbocycles. The number of nitrogens with zero attached hydrogens (tertiary/aromatic N) is 3. The van der Waals surface area contributed by atoms with Crippen LogP contribution in [0.15, 0.2) is 32.8 Å². The maximum atomic E-state index is 11.8. The van der Waals surface area contributed by atoms with Gasteiger partial charge < -0.3 is 9.52 Å². The van der Waals surface area contributed by atoms with E-state index in [1.54, 1.807) is 14.0 Å². The Labute approximate surface area is 119 Å². The third-order valence-electron chi connectivity index (χ3n) is 2.71. The van der Waals surface area contributed by atoms with Crippen LogP contribution < -0.4 is 11.1 Å². The van der Waals surface area contributed by atoms with Gasteiger partial charge in [-0.1, -0.05) is 0 Å². The number of hydrazone groups is 1. The van der Waals surface area contributed by atoms with Gasteiger partial charge in [0.1, 0.15) is 17.1 Å². The monoisotopic (exact) mass is 290 g/mol. The Bertz CT molecular complexity index is 773. The molecule has 0 spiro atoms. The summed E-state index contributed by atoms with van der Waals surface area (Å²) < 4.78 is 6.36. The minimum Gasteiger partial charge on any atom is -0.507 e. The molecular formula is C13H14N4O4. The minimum atomic E-state index is -0.718. The van der Waals surface area contributed by atoms with Crippen LogP contribution in [0.1, 0.15) is 28.6 Å². The summed E-state index contributed by atoms with van der Waals surface area (Å²) in [6.07, 6.45) is 2.91. The Morgan fingerprint density at radius 3 is 2.81 bits per heavy atom. The van der Waals surface area contributed by atoms with Crippen LogP contribution in [0.3, 0.4) is 0 Å². The number of rotatable bonds is 3. The second-order valence-corrected chi connectivity index (χ2v) is 4.45. The van der Waals surface area contributed by atoms with Crippen LogP contribution in [0.5, 0.6) is 5.75 Å². The Morgan fingerprint density at radius 2 is 2.24 bits per heavy atom. The van der Waals surface area contributed by atoms with Gasteiger partial charge in [0.25, 0.3) is 5.91 Å².